The van der Waals surface area contributed by atoms with E-state index in [0.717, 1.165) is 5.75 Å². The van der Waals surface area contributed by atoms with Gasteiger partial charge in [-0.25, -0.2) is 0 Å². The molecule has 1 rings (SSSR count). The molecule has 0 aliphatic rings. The van der Waals surface area contributed by atoms with Crippen molar-refractivity contribution in [1.29, 1.82) is 0 Å². The zero-order valence-electron chi connectivity index (χ0n) is 10.6. The minimum atomic E-state index is -0.856. The van der Waals surface area contributed by atoms with Crippen LogP contribution < -0.4 is 11.1 Å². The highest BCUT2D eigenvalue weighted by Crippen LogP contribution is 2.17. The average molecular weight is 268 g/mol. The number of carbonyl (C=O) groups is 1. The molecule has 1 atom stereocenters. The molecule has 1 aromatic carbocycles. The van der Waals surface area contributed by atoms with E-state index in [1.807, 2.05) is 11.8 Å². The number of benzene rings is 1. The van der Waals surface area contributed by atoms with Gasteiger partial charge in [-0.15, -0.1) is 11.8 Å². The second-order valence-corrected chi connectivity index (χ2v) is 5.40. The molecule has 0 heterocycles. The topological polar surface area (TPSA) is 75.3 Å². The summed E-state index contributed by atoms with van der Waals surface area (Å²) in [6, 6.07) is 8.02. The van der Waals surface area contributed by atoms with Gasteiger partial charge in [0.2, 0.25) is 0 Å². The summed E-state index contributed by atoms with van der Waals surface area (Å²) in [4.78, 5) is 11.7. The molecule has 0 aromatic heterocycles. The van der Waals surface area contributed by atoms with Crippen molar-refractivity contribution in [2.75, 3.05) is 12.3 Å². The lowest BCUT2D eigenvalue weighted by atomic mass is 10.2. The van der Waals surface area contributed by atoms with Crippen LogP contribution in [0.3, 0.4) is 0 Å². The van der Waals surface area contributed by atoms with Crippen molar-refractivity contribution in [3.63, 3.8) is 0 Å². The van der Waals surface area contributed by atoms with Crippen molar-refractivity contribution < 1.29 is 9.90 Å². The monoisotopic (exact) mass is 268 g/mol. The summed E-state index contributed by atoms with van der Waals surface area (Å²) >= 11 is 1.81. The van der Waals surface area contributed by atoms with Gasteiger partial charge in [-0.2, -0.15) is 0 Å². The largest absolute Gasteiger partial charge is 0.481 e. The standard InChI is InChI=1S/C13H20N2O2S/c1-2-18-12-5-3-10(4-6-12)8-15-9-11(14)7-13(16)17/h3-6,11,15H,2,7-9,14H2,1H3,(H,16,17). The van der Waals surface area contributed by atoms with Crippen LogP contribution in [0.4, 0.5) is 0 Å². The summed E-state index contributed by atoms with van der Waals surface area (Å²) in [5, 5.41) is 11.7. The smallest absolute Gasteiger partial charge is 0.304 e. The van der Waals surface area contributed by atoms with E-state index in [2.05, 4.69) is 36.5 Å². The number of aliphatic carboxylic acids is 1. The number of nitrogens with two attached hydrogens (primary N) is 1. The van der Waals surface area contributed by atoms with E-state index < -0.39 is 5.97 Å². The van der Waals surface area contributed by atoms with Gasteiger partial charge in [0.1, 0.15) is 0 Å². The van der Waals surface area contributed by atoms with Crippen molar-refractivity contribution in [3.8, 4) is 0 Å². The fourth-order valence-corrected chi connectivity index (χ4v) is 2.23. The summed E-state index contributed by atoms with van der Waals surface area (Å²) in [6.07, 6.45) is -0.000915. The van der Waals surface area contributed by atoms with E-state index in [9.17, 15) is 4.79 Å². The molecule has 0 fully saturated rings. The lowest BCUT2D eigenvalue weighted by Crippen LogP contribution is -2.35. The molecule has 18 heavy (non-hydrogen) atoms. The number of thioether (sulfide) groups is 1. The second kappa shape index (κ2) is 8.13. The zero-order valence-corrected chi connectivity index (χ0v) is 11.4. The molecule has 4 N–H and O–H groups in total. The Balaban J connectivity index is 2.28. The van der Waals surface area contributed by atoms with Crippen LogP contribution in [0.5, 0.6) is 0 Å². The predicted octanol–water partition coefficient (Wildman–Crippen LogP) is 1.69. The Labute approximate surface area is 112 Å². The number of carboxylic acids is 1. The van der Waals surface area contributed by atoms with Crippen LogP contribution in [0.1, 0.15) is 18.9 Å². The van der Waals surface area contributed by atoms with Crippen LogP contribution in [-0.4, -0.2) is 29.4 Å². The highest BCUT2D eigenvalue weighted by molar-refractivity contribution is 7.99. The normalized spacial score (nSPS) is 12.3. The van der Waals surface area contributed by atoms with E-state index in [-0.39, 0.29) is 12.5 Å². The lowest BCUT2D eigenvalue weighted by molar-refractivity contribution is -0.137. The van der Waals surface area contributed by atoms with Gasteiger partial charge in [0.05, 0.1) is 6.42 Å². The first-order valence-corrected chi connectivity index (χ1v) is 7.00. The molecule has 1 aromatic rings. The van der Waals surface area contributed by atoms with Gasteiger partial charge in [0, 0.05) is 24.0 Å². The molecule has 0 spiro atoms. The first kappa shape index (κ1) is 15.0. The number of hydrogen-bond donors (Lipinski definition) is 3. The van der Waals surface area contributed by atoms with Crippen LogP contribution in [0.2, 0.25) is 0 Å². The molecule has 0 aliphatic heterocycles. The maximum Gasteiger partial charge on any atom is 0.304 e. The van der Waals surface area contributed by atoms with E-state index >= 15 is 0 Å². The van der Waals surface area contributed by atoms with Crippen molar-refractivity contribution in [2.45, 2.75) is 30.8 Å². The molecule has 0 amide bonds. The first-order chi connectivity index (χ1) is 8.61. The minimum absolute atomic E-state index is 0.000915. The fourth-order valence-electron chi connectivity index (χ4n) is 1.57. The Morgan fingerprint density at radius 1 is 1.44 bits per heavy atom. The van der Waals surface area contributed by atoms with E-state index in [1.54, 1.807) is 0 Å². The van der Waals surface area contributed by atoms with Gasteiger partial charge in [-0.3, -0.25) is 4.79 Å². The predicted molar refractivity (Wildman–Crippen MR) is 74.8 cm³/mol. The molecule has 0 saturated carbocycles. The van der Waals surface area contributed by atoms with Crippen LogP contribution >= 0.6 is 11.8 Å². The molecule has 0 aliphatic carbocycles. The SMILES string of the molecule is CCSc1ccc(CNCC(N)CC(=O)O)cc1. The lowest BCUT2D eigenvalue weighted by Gasteiger charge is -2.10. The quantitative estimate of drug-likeness (QED) is 0.626. The van der Waals surface area contributed by atoms with E-state index in [1.165, 1.54) is 10.5 Å². The first-order valence-electron chi connectivity index (χ1n) is 6.01. The Bertz CT molecular complexity index is 368. The van der Waals surface area contributed by atoms with Crippen LogP contribution in [0.25, 0.3) is 0 Å². The molecule has 100 valence electrons. The summed E-state index contributed by atoms with van der Waals surface area (Å²) < 4.78 is 0. The maximum atomic E-state index is 10.4. The summed E-state index contributed by atoms with van der Waals surface area (Å²) in [7, 11) is 0. The third-order valence-corrected chi connectivity index (χ3v) is 3.30. The zero-order chi connectivity index (χ0) is 13.4. The molecule has 4 nitrogen and oxygen atoms in total. The van der Waals surface area contributed by atoms with Crippen LogP contribution in [0, 0.1) is 0 Å². The average Bonchev–Trinajstić information content (AvgIpc) is 2.31. The second-order valence-electron chi connectivity index (χ2n) is 4.07. The number of carboxylic acid groups (broad SMARTS) is 1. The summed E-state index contributed by atoms with van der Waals surface area (Å²) in [6.45, 7) is 3.35. The van der Waals surface area contributed by atoms with Gasteiger partial charge in [-0.05, 0) is 23.4 Å². The van der Waals surface area contributed by atoms with Gasteiger partial charge >= 0.3 is 5.97 Å². The number of nitrogens with one attached hydrogen (secondary N) is 1. The Kier molecular flexibility index (Phi) is 6.78. The Morgan fingerprint density at radius 3 is 2.67 bits per heavy atom. The highest BCUT2D eigenvalue weighted by atomic mass is 32.2. The summed E-state index contributed by atoms with van der Waals surface area (Å²) in [5.41, 5.74) is 6.83. The maximum absolute atomic E-state index is 10.4. The molecule has 0 bridgehead atoms. The Morgan fingerprint density at radius 2 is 2.11 bits per heavy atom. The van der Waals surface area contributed by atoms with Gasteiger partial charge < -0.3 is 16.2 Å². The summed E-state index contributed by atoms with van der Waals surface area (Å²) in [5.74, 6) is 0.215. The Hall–Kier alpha value is -1.04. The van der Waals surface area contributed by atoms with E-state index in [0.29, 0.717) is 13.1 Å². The molecular formula is C13H20N2O2S. The highest BCUT2D eigenvalue weighted by Gasteiger charge is 2.06. The van der Waals surface area contributed by atoms with Crippen molar-refractivity contribution in [3.05, 3.63) is 29.8 Å². The minimum Gasteiger partial charge on any atom is -0.481 e. The molecule has 0 radical (unpaired) electrons. The van der Waals surface area contributed by atoms with Gasteiger partial charge in [0.25, 0.3) is 0 Å². The van der Waals surface area contributed by atoms with Crippen molar-refractivity contribution >= 4 is 17.7 Å². The molecular weight excluding hydrogens is 248 g/mol. The van der Waals surface area contributed by atoms with E-state index in [4.69, 9.17) is 10.8 Å². The number of rotatable bonds is 8. The fraction of sp³-hybridized carbons (Fsp3) is 0.462. The van der Waals surface area contributed by atoms with Gasteiger partial charge in [-0.1, -0.05) is 19.1 Å². The third kappa shape index (κ3) is 6.05. The van der Waals surface area contributed by atoms with Crippen molar-refractivity contribution in [2.24, 2.45) is 5.73 Å². The molecule has 5 heteroatoms. The van der Waals surface area contributed by atoms with Crippen LogP contribution in [-0.2, 0) is 11.3 Å². The van der Waals surface area contributed by atoms with Gasteiger partial charge in [0.15, 0.2) is 0 Å². The van der Waals surface area contributed by atoms with Crippen LogP contribution in [0.15, 0.2) is 29.2 Å². The molecule has 0 saturated heterocycles. The molecule has 1 unspecified atom stereocenters. The number of hydrogen-bond acceptors (Lipinski definition) is 4. The third-order valence-electron chi connectivity index (χ3n) is 2.41. The van der Waals surface area contributed by atoms with Crippen molar-refractivity contribution in [1.82, 2.24) is 5.32 Å².